The number of hydrogen-bond acceptors (Lipinski definition) is 4. The molecule has 2 amide bonds. The van der Waals surface area contributed by atoms with Gasteiger partial charge in [-0.05, 0) is 54.2 Å². The Labute approximate surface area is 172 Å². The van der Waals surface area contributed by atoms with E-state index in [2.05, 4.69) is 39.8 Å². The van der Waals surface area contributed by atoms with E-state index in [0.717, 1.165) is 56.0 Å². The Kier molecular flexibility index (Phi) is 6.20. The normalized spacial score (nSPS) is 18.2. The van der Waals surface area contributed by atoms with E-state index in [4.69, 9.17) is 9.47 Å². The highest BCUT2D eigenvalue weighted by Gasteiger charge is 2.22. The van der Waals surface area contributed by atoms with Crippen LogP contribution in [0.25, 0.3) is 0 Å². The summed E-state index contributed by atoms with van der Waals surface area (Å²) >= 11 is 0. The maximum atomic E-state index is 12.2. The van der Waals surface area contributed by atoms with Gasteiger partial charge in [-0.3, -0.25) is 4.90 Å². The van der Waals surface area contributed by atoms with Crippen molar-refractivity contribution in [2.75, 3.05) is 33.4 Å². The summed E-state index contributed by atoms with van der Waals surface area (Å²) < 4.78 is 11.0. The third-order valence-corrected chi connectivity index (χ3v) is 5.66. The van der Waals surface area contributed by atoms with Crippen LogP contribution >= 0.6 is 0 Å². The first-order valence-electron chi connectivity index (χ1n) is 10.3. The third kappa shape index (κ3) is 5.01. The lowest BCUT2D eigenvalue weighted by Crippen LogP contribution is -2.47. The van der Waals surface area contributed by atoms with Crippen molar-refractivity contribution in [3.05, 3.63) is 59.2 Å². The van der Waals surface area contributed by atoms with Crippen molar-refractivity contribution in [1.82, 2.24) is 15.5 Å². The quantitative estimate of drug-likeness (QED) is 0.739. The monoisotopic (exact) mass is 395 g/mol. The SMILES string of the molecule is COc1ccc2c(c1)CC(NC(=O)NCCCN1CCc3ccccc3C1)CO2. The van der Waals surface area contributed by atoms with Crippen LogP contribution in [0.3, 0.4) is 0 Å². The second-order valence-corrected chi connectivity index (χ2v) is 7.73. The van der Waals surface area contributed by atoms with E-state index in [-0.39, 0.29) is 12.1 Å². The summed E-state index contributed by atoms with van der Waals surface area (Å²) in [5.41, 5.74) is 3.96. The minimum Gasteiger partial charge on any atom is -0.497 e. The highest BCUT2D eigenvalue weighted by atomic mass is 16.5. The van der Waals surface area contributed by atoms with Crippen molar-refractivity contribution in [2.45, 2.75) is 31.8 Å². The molecule has 0 fully saturated rings. The number of urea groups is 1. The standard InChI is InChI=1S/C23H29N3O3/c1-28-21-7-8-22-19(14-21)13-20(16-29-22)25-23(27)24-10-4-11-26-12-9-17-5-2-3-6-18(17)15-26/h2-3,5-8,14,20H,4,9-13,15-16H2,1H3,(H2,24,25,27). The largest absolute Gasteiger partial charge is 0.497 e. The van der Waals surface area contributed by atoms with Crippen LogP contribution in [-0.4, -0.2) is 50.3 Å². The summed E-state index contributed by atoms with van der Waals surface area (Å²) in [6, 6.07) is 14.3. The molecule has 0 bridgehead atoms. The molecule has 2 aliphatic rings. The zero-order chi connectivity index (χ0) is 20.1. The number of methoxy groups -OCH3 is 1. The molecule has 6 heteroatoms. The van der Waals surface area contributed by atoms with Gasteiger partial charge in [0, 0.05) is 26.2 Å². The Balaban J connectivity index is 1.16. The topological polar surface area (TPSA) is 62.8 Å². The first-order chi connectivity index (χ1) is 14.2. The van der Waals surface area contributed by atoms with Gasteiger partial charge in [0.25, 0.3) is 0 Å². The van der Waals surface area contributed by atoms with Crippen molar-refractivity contribution >= 4 is 6.03 Å². The fourth-order valence-corrected chi connectivity index (χ4v) is 4.08. The second-order valence-electron chi connectivity index (χ2n) is 7.73. The Morgan fingerprint density at radius 1 is 1.21 bits per heavy atom. The Bertz CT molecular complexity index is 855. The minimum absolute atomic E-state index is 0.0341. The molecule has 2 heterocycles. The van der Waals surface area contributed by atoms with Crippen molar-refractivity contribution in [3.63, 3.8) is 0 Å². The van der Waals surface area contributed by atoms with Gasteiger partial charge in [0.1, 0.15) is 18.1 Å². The van der Waals surface area contributed by atoms with E-state index >= 15 is 0 Å². The Morgan fingerprint density at radius 2 is 2.07 bits per heavy atom. The fourth-order valence-electron chi connectivity index (χ4n) is 4.08. The van der Waals surface area contributed by atoms with Crippen molar-refractivity contribution in [2.24, 2.45) is 0 Å². The lowest BCUT2D eigenvalue weighted by atomic mass is 10.00. The number of nitrogens with zero attached hydrogens (tertiary/aromatic N) is 1. The van der Waals surface area contributed by atoms with Crippen LogP contribution in [-0.2, 0) is 19.4 Å². The molecule has 2 aromatic carbocycles. The molecule has 29 heavy (non-hydrogen) atoms. The molecule has 2 aromatic rings. The van der Waals surface area contributed by atoms with Gasteiger partial charge in [-0.1, -0.05) is 24.3 Å². The summed E-state index contributed by atoms with van der Waals surface area (Å²) in [5.74, 6) is 1.67. The van der Waals surface area contributed by atoms with Crippen LogP contribution in [0.4, 0.5) is 4.79 Å². The first-order valence-corrected chi connectivity index (χ1v) is 10.3. The zero-order valence-electron chi connectivity index (χ0n) is 16.9. The number of nitrogens with one attached hydrogen (secondary N) is 2. The lowest BCUT2D eigenvalue weighted by Gasteiger charge is -2.29. The molecule has 0 radical (unpaired) electrons. The average molecular weight is 396 g/mol. The molecule has 0 saturated carbocycles. The number of benzene rings is 2. The third-order valence-electron chi connectivity index (χ3n) is 5.66. The van der Waals surface area contributed by atoms with E-state index in [1.54, 1.807) is 7.11 Å². The molecule has 1 atom stereocenters. The molecule has 4 rings (SSSR count). The Hall–Kier alpha value is -2.73. The molecule has 154 valence electrons. The number of rotatable bonds is 6. The molecular formula is C23H29N3O3. The number of amides is 2. The van der Waals surface area contributed by atoms with Crippen LogP contribution < -0.4 is 20.1 Å². The zero-order valence-corrected chi connectivity index (χ0v) is 16.9. The van der Waals surface area contributed by atoms with E-state index in [1.165, 1.54) is 11.1 Å². The highest BCUT2D eigenvalue weighted by Crippen LogP contribution is 2.28. The summed E-state index contributed by atoms with van der Waals surface area (Å²) in [6.07, 6.45) is 2.79. The van der Waals surface area contributed by atoms with Gasteiger partial charge in [0.05, 0.1) is 13.2 Å². The van der Waals surface area contributed by atoms with Crippen LogP contribution in [0, 0.1) is 0 Å². The van der Waals surface area contributed by atoms with Crippen LogP contribution in [0.2, 0.25) is 0 Å². The van der Waals surface area contributed by atoms with Gasteiger partial charge >= 0.3 is 6.03 Å². The van der Waals surface area contributed by atoms with Gasteiger partial charge in [-0.2, -0.15) is 0 Å². The van der Waals surface area contributed by atoms with Gasteiger partial charge in [-0.15, -0.1) is 0 Å². The van der Waals surface area contributed by atoms with Gasteiger partial charge in [-0.25, -0.2) is 4.79 Å². The van der Waals surface area contributed by atoms with Crippen molar-refractivity contribution in [3.8, 4) is 11.5 Å². The average Bonchev–Trinajstić information content (AvgIpc) is 2.76. The number of hydrogen-bond donors (Lipinski definition) is 2. The molecule has 2 N–H and O–H groups in total. The smallest absolute Gasteiger partial charge is 0.315 e. The number of ether oxygens (including phenoxy) is 2. The summed E-state index contributed by atoms with van der Waals surface area (Å²) in [6.45, 7) is 4.24. The second kappa shape index (κ2) is 9.18. The van der Waals surface area contributed by atoms with Gasteiger partial charge in [0.2, 0.25) is 0 Å². The minimum atomic E-state index is -0.131. The molecule has 0 aliphatic carbocycles. The van der Waals surface area contributed by atoms with Crippen LogP contribution in [0.15, 0.2) is 42.5 Å². The van der Waals surface area contributed by atoms with Crippen molar-refractivity contribution < 1.29 is 14.3 Å². The first kappa shape index (κ1) is 19.6. The molecule has 0 saturated heterocycles. The summed E-state index contributed by atoms with van der Waals surface area (Å²) in [4.78, 5) is 14.7. The number of carbonyl (C=O) groups is 1. The predicted octanol–water partition coefficient (Wildman–Crippen LogP) is 2.75. The number of fused-ring (bicyclic) bond motifs is 2. The van der Waals surface area contributed by atoms with Crippen LogP contribution in [0.1, 0.15) is 23.1 Å². The summed E-state index contributed by atoms with van der Waals surface area (Å²) in [5, 5.41) is 6.00. The highest BCUT2D eigenvalue weighted by molar-refractivity contribution is 5.74. The molecule has 1 unspecified atom stereocenters. The van der Waals surface area contributed by atoms with E-state index < -0.39 is 0 Å². The van der Waals surface area contributed by atoms with Gasteiger partial charge < -0.3 is 20.1 Å². The fraction of sp³-hybridized carbons (Fsp3) is 0.435. The van der Waals surface area contributed by atoms with E-state index in [1.807, 2.05) is 18.2 Å². The maximum absolute atomic E-state index is 12.2. The summed E-state index contributed by atoms with van der Waals surface area (Å²) in [7, 11) is 1.65. The van der Waals surface area contributed by atoms with E-state index in [9.17, 15) is 4.79 Å². The molecule has 6 nitrogen and oxygen atoms in total. The maximum Gasteiger partial charge on any atom is 0.315 e. The number of carbonyl (C=O) groups excluding carboxylic acids is 1. The van der Waals surface area contributed by atoms with Gasteiger partial charge in [0.15, 0.2) is 0 Å². The molecule has 2 aliphatic heterocycles. The molecular weight excluding hydrogens is 366 g/mol. The van der Waals surface area contributed by atoms with Crippen LogP contribution in [0.5, 0.6) is 11.5 Å². The molecule has 0 aromatic heterocycles. The van der Waals surface area contributed by atoms with E-state index in [0.29, 0.717) is 13.2 Å². The predicted molar refractivity (Wildman–Crippen MR) is 113 cm³/mol. The lowest BCUT2D eigenvalue weighted by molar-refractivity contribution is 0.212. The molecule has 0 spiro atoms. The van der Waals surface area contributed by atoms with Crippen molar-refractivity contribution in [1.29, 1.82) is 0 Å². The Morgan fingerprint density at radius 3 is 2.93 bits per heavy atom.